The highest BCUT2D eigenvalue weighted by Gasteiger charge is 2.29. The van der Waals surface area contributed by atoms with Gasteiger partial charge in [-0.05, 0) is 56.5 Å². The fourth-order valence-corrected chi connectivity index (χ4v) is 4.41. The van der Waals surface area contributed by atoms with Crippen LogP contribution in [0.2, 0.25) is 5.02 Å². The third-order valence-electron chi connectivity index (χ3n) is 6.16. The fraction of sp³-hybridized carbons (Fsp3) is 0.346. The minimum Gasteiger partial charge on any atom is -0.355 e. The molecular weight excluding hydrogens is 450 g/mol. The number of halogens is 1. The molecule has 0 spiro atoms. The molecule has 0 radical (unpaired) electrons. The average molecular weight is 480 g/mol. The van der Waals surface area contributed by atoms with Crippen LogP contribution in [0.15, 0.2) is 48.5 Å². The number of amides is 2. The van der Waals surface area contributed by atoms with Crippen molar-refractivity contribution in [2.24, 2.45) is 5.92 Å². The van der Waals surface area contributed by atoms with Gasteiger partial charge in [-0.25, -0.2) is 4.68 Å². The van der Waals surface area contributed by atoms with Crippen LogP contribution in [0.25, 0.3) is 5.69 Å². The third kappa shape index (κ3) is 5.42. The van der Waals surface area contributed by atoms with Crippen molar-refractivity contribution < 1.29 is 9.59 Å². The van der Waals surface area contributed by atoms with Crippen molar-refractivity contribution >= 4 is 34.9 Å². The lowest BCUT2D eigenvalue weighted by Gasteiger charge is -2.33. The minimum absolute atomic E-state index is 0.0427. The molecule has 0 saturated carbocycles. The van der Waals surface area contributed by atoms with Gasteiger partial charge in [0.15, 0.2) is 5.82 Å². The van der Waals surface area contributed by atoms with Crippen LogP contribution < -0.4 is 15.5 Å². The van der Waals surface area contributed by atoms with Crippen molar-refractivity contribution in [2.45, 2.75) is 40.2 Å². The molecular formula is C26H30ClN5O2. The van der Waals surface area contributed by atoms with Crippen molar-refractivity contribution in [3.8, 4) is 5.69 Å². The molecule has 34 heavy (non-hydrogen) atoms. The topological polar surface area (TPSA) is 79.3 Å². The molecule has 0 aliphatic carbocycles. The lowest BCUT2D eigenvalue weighted by Crippen LogP contribution is -2.41. The molecule has 1 aliphatic heterocycles. The van der Waals surface area contributed by atoms with Crippen molar-refractivity contribution in [2.75, 3.05) is 23.3 Å². The number of rotatable bonds is 6. The van der Waals surface area contributed by atoms with Crippen LogP contribution in [-0.4, -0.2) is 34.7 Å². The zero-order valence-electron chi connectivity index (χ0n) is 19.8. The van der Waals surface area contributed by atoms with Gasteiger partial charge in [-0.3, -0.25) is 9.59 Å². The number of carbonyl (C=O) groups excluding carboxylic acids is 2. The highest BCUT2D eigenvalue weighted by molar-refractivity contribution is 6.30. The predicted octanol–water partition coefficient (Wildman–Crippen LogP) is 4.63. The number of piperidine rings is 1. The summed E-state index contributed by atoms with van der Waals surface area (Å²) in [6, 6.07) is 15.6. The SMILES string of the molecule is CC(=O)Nc1c(C)nn(-c2ccc(Cl)cc2)c1N1CCC(C(=O)NCc2ccc(C)cc2)CC1. The number of aryl methyl sites for hydroxylation is 2. The third-order valence-corrected chi connectivity index (χ3v) is 6.41. The van der Waals surface area contributed by atoms with E-state index in [2.05, 4.69) is 27.7 Å². The van der Waals surface area contributed by atoms with Crippen molar-refractivity contribution in [1.82, 2.24) is 15.1 Å². The van der Waals surface area contributed by atoms with Crippen molar-refractivity contribution in [3.63, 3.8) is 0 Å². The molecule has 1 fully saturated rings. The Morgan fingerprint density at radius 2 is 1.68 bits per heavy atom. The molecule has 1 saturated heterocycles. The van der Waals surface area contributed by atoms with Gasteiger partial charge in [0.25, 0.3) is 0 Å². The molecule has 2 N–H and O–H groups in total. The average Bonchev–Trinajstić information content (AvgIpc) is 3.14. The second kappa shape index (κ2) is 10.3. The Balaban J connectivity index is 1.48. The monoisotopic (exact) mass is 479 g/mol. The summed E-state index contributed by atoms with van der Waals surface area (Å²) < 4.78 is 1.84. The molecule has 178 valence electrons. The number of hydrogen-bond donors (Lipinski definition) is 2. The van der Waals surface area contributed by atoms with E-state index in [1.807, 2.05) is 54.9 Å². The van der Waals surface area contributed by atoms with Gasteiger partial charge in [-0.1, -0.05) is 41.4 Å². The Morgan fingerprint density at radius 1 is 1.03 bits per heavy atom. The first-order valence-corrected chi connectivity index (χ1v) is 11.9. The van der Waals surface area contributed by atoms with E-state index in [0.717, 1.165) is 35.6 Å². The van der Waals surface area contributed by atoms with Gasteiger partial charge in [0.1, 0.15) is 5.69 Å². The summed E-state index contributed by atoms with van der Waals surface area (Å²) in [6.07, 6.45) is 1.45. The lowest BCUT2D eigenvalue weighted by molar-refractivity contribution is -0.125. The Bertz CT molecular complexity index is 1160. The molecule has 0 unspecified atom stereocenters. The highest BCUT2D eigenvalue weighted by Crippen LogP contribution is 2.35. The van der Waals surface area contributed by atoms with Crippen LogP contribution in [-0.2, 0) is 16.1 Å². The quantitative estimate of drug-likeness (QED) is 0.540. The van der Waals surface area contributed by atoms with Crippen LogP contribution in [0.5, 0.6) is 0 Å². The summed E-state index contributed by atoms with van der Waals surface area (Å²) in [4.78, 5) is 26.9. The molecule has 2 aromatic carbocycles. The summed E-state index contributed by atoms with van der Waals surface area (Å²) in [7, 11) is 0. The van der Waals surface area contributed by atoms with Crippen LogP contribution in [0.4, 0.5) is 11.5 Å². The van der Waals surface area contributed by atoms with Crippen LogP contribution in [0.1, 0.15) is 36.6 Å². The van der Waals surface area contributed by atoms with E-state index in [4.69, 9.17) is 16.7 Å². The number of nitrogens with zero attached hydrogens (tertiary/aromatic N) is 3. The van der Waals surface area contributed by atoms with Crippen LogP contribution in [0, 0.1) is 19.8 Å². The van der Waals surface area contributed by atoms with Crippen molar-refractivity contribution in [3.05, 3.63) is 70.4 Å². The summed E-state index contributed by atoms with van der Waals surface area (Å²) in [5, 5.41) is 11.4. The Kier molecular flexibility index (Phi) is 7.22. The number of nitrogens with one attached hydrogen (secondary N) is 2. The van der Waals surface area contributed by atoms with Gasteiger partial charge in [-0.2, -0.15) is 5.10 Å². The number of anilines is 2. The molecule has 2 heterocycles. The second-order valence-electron chi connectivity index (χ2n) is 8.82. The largest absolute Gasteiger partial charge is 0.355 e. The van der Waals surface area contributed by atoms with E-state index >= 15 is 0 Å². The second-order valence-corrected chi connectivity index (χ2v) is 9.25. The van der Waals surface area contributed by atoms with E-state index in [1.165, 1.54) is 12.5 Å². The Hall–Kier alpha value is -3.32. The number of aromatic nitrogens is 2. The maximum atomic E-state index is 12.8. The van der Waals surface area contributed by atoms with E-state index < -0.39 is 0 Å². The summed E-state index contributed by atoms with van der Waals surface area (Å²) >= 11 is 6.08. The number of hydrogen-bond acceptors (Lipinski definition) is 4. The van der Waals surface area contributed by atoms with Crippen molar-refractivity contribution in [1.29, 1.82) is 0 Å². The van der Waals surface area contributed by atoms with E-state index in [-0.39, 0.29) is 17.7 Å². The lowest BCUT2D eigenvalue weighted by atomic mass is 9.95. The van der Waals surface area contributed by atoms with Gasteiger partial charge in [-0.15, -0.1) is 0 Å². The molecule has 0 bridgehead atoms. The normalized spacial score (nSPS) is 14.2. The molecule has 7 nitrogen and oxygen atoms in total. The van der Waals surface area contributed by atoms with E-state index in [9.17, 15) is 9.59 Å². The summed E-state index contributed by atoms with van der Waals surface area (Å²) in [6.45, 7) is 7.34. The molecule has 1 aliphatic rings. The van der Waals surface area contributed by atoms with Crippen LogP contribution in [0.3, 0.4) is 0 Å². The maximum absolute atomic E-state index is 12.8. The molecule has 2 amide bonds. The molecule has 1 aromatic heterocycles. The zero-order valence-corrected chi connectivity index (χ0v) is 20.5. The standard InChI is InChI=1S/C26H30ClN5O2/c1-17-4-6-20(7-5-17)16-28-25(34)21-12-14-31(15-13-21)26-24(29-19(3)33)18(2)30-32(26)23-10-8-22(27)9-11-23/h4-11,21H,12-16H2,1-3H3,(H,28,34)(H,29,33). The Labute approximate surface area is 205 Å². The number of carbonyl (C=O) groups is 2. The van der Waals surface area contributed by atoms with Gasteiger partial charge >= 0.3 is 0 Å². The first-order chi connectivity index (χ1) is 16.3. The molecule has 4 rings (SSSR count). The Morgan fingerprint density at radius 3 is 2.29 bits per heavy atom. The minimum atomic E-state index is -0.148. The maximum Gasteiger partial charge on any atom is 0.223 e. The summed E-state index contributed by atoms with van der Waals surface area (Å²) in [5.41, 5.74) is 4.59. The van der Waals surface area contributed by atoms with Gasteiger partial charge in [0.2, 0.25) is 11.8 Å². The fourth-order valence-electron chi connectivity index (χ4n) is 4.28. The summed E-state index contributed by atoms with van der Waals surface area (Å²) in [5.74, 6) is 0.725. The number of benzene rings is 2. The van der Waals surface area contributed by atoms with Gasteiger partial charge < -0.3 is 15.5 Å². The molecule has 8 heteroatoms. The first-order valence-electron chi connectivity index (χ1n) is 11.5. The smallest absolute Gasteiger partial charge is 0.223 e. The van der Waals surface area contributed by atoms with E-state index in [0.29, 0.717) is 30.3 Å². The zero-order chi connectivity index (χ0) is 24.2. The van der Waals surface area contributed by atoms with Gasteiger partial charge in [0, 0.05) is 37.5 Å². The van der Waals surface area contributed by atoms with E-state index in [1.54, 1.807) is 0 Å². The highest BCUT2D eigenvalue weighted by atomic mass is 35.5. The van der Waals surface area contributed by atoms with Crippen LogP contribution >= 0.6 is 11.6 Å². The predicted molar refractivity (Wildman–Crippen MR) is 136 cm³/mol. The first kappa shape index (κ1) is 23.8. The molecule has 0 atom stereocenters. The van der Waals surface area contributed by atoms with Gasteiger partial charge in [0.05, 0.1) is 11.4 Å². The molecule has 3 aromatic rings.